The molecule has 2 aromatic rings. The van der Waals surface area contributed by atoms with E-state index >= 15 is 0 Å². The summed E-state index contributed by atoms with van der Waals surface area (Å²) in [5.41, 5.74) is 0.711. The second-order valence-corrected chi connectivity index (χ2v) is 4.30. The molecule has 0 spiro atoms. The zero-order chi connectivity index (χ0) is 16.3. The van der Waals surface area contributed by atoms with Crippen LogP contribution in [0.5, 0.6) is 11.5 Å². The largest absolute Gasteiger partial charge is 0.573 e. The van der Waals surface area contributed by atoms with Gasteiger partial charge in [0.1, 0.15) is 11.5 Å². The Morgan fingerprint density at radius 2 is 1.86 bits per heavy atom. The lowest BCUT2D eigenvalue weighted by Crippen LogP contribution is -2.17. The number of methoxy groups -OCH3 is 1. The van der Waals surface area contributed by atoms with Crippen LogP contribution in [-0.2, 0) is 4.74 Å². The number of aromatic hydroxyl groups is 1. The summed E-state index contributed by atoms with van der Waals surface area (Å²) in [5, 5.41) is 9.94. The first kappa shape index (κ1) is 15.7. The third-order valence-electron chi connectivity index (χ3n) is 2.80. The van der Waals surface area contributed by atoms with Gasteiger partial charge >= 0.3 is 12.3 Å². The van der Waals surface area contributed by atoms with E-state index in [9.17, 15) is 23.1 Å². The number of hydrogen-bond donors (Lipinski definition) is 1. The van der Waals surface area contributed by atoms with Crippen LogP contribution in [0.2, 0.25) is 0 Å². The van der Waals surface area contributed by atoms with E-state index in [1.165, 1.54) is 37.4 Å². The molecule has 0 saturated heterocycles. The summed E-state index contributed by atoms with van der Waals surface area (Å²) in [7, 11) is 1.20. The molecule has 0 fully saturated rings. The molecule has 0 heterocycles. The molecule has 0 aliphatic carbocycles. The van der Waals surface area contributed by atoms with Gasteiger partial charge in [0.2, 0.25) is 0 Å². The number of phenolic OH excluding ortho intramolecular Hbond substituents is 1. The van der Waals surface area contributed by atoms with Crippen LogP contribution >= 0.6 is 0 Å². The minimum atomic E-state index is -4.80. The molecule has 0 radical (unpaired) electrons. The molecule has 2 aromatic carbocycles. The van der Waals surface area contributed by atoms with Gasteiger partial charge in [-0.05, 0) is 35.9 Å². The average molecular weight is 312 g/mol. The van der Waals surface area contributed by atoms with E-state index in [1.54, 1.807) is 0 Å². The van der Waals surface area contributed by atoms with Crippen molar-refractivity contribution in [3.63, 3.8) is 0 Å². The maximum atomic E-state index is 12.2. The van der Waals surface area contributed by atoms with Crippen LogP contribution in [0.15, 0.2) is 42.5 Å². The van der Waals surface area contributed by atoms with Crippen LogP contribution < -0.4 is 4.74 Å². The Morgan fingerprint density at radius 1 is 1.14 bits per heavy atom. The third-order valence-corrected chi connectivity index (χ3v) is 2.80. The number of carbonyl (C=O) groups is 1. The normalized spacial score (nSPS) is 11.1. The molecular weight excluding hydrogens is 301 g/mol. The van der Waals surface area contributed by atoms with Crippen molar-refractivity contribution in [1.29, 1.82) is 0 Å². The van der Waals surface area contributed by atoms with Crippen molar-refractivity contribution in [2.45, 2.75) is 6.36 Å². The van der Waals surface area contributed by atoms with E-state index in [2.05, 4.69) is 9.47 Å². The predicted octanol–water partition coefficient (Wildman–Crippen LogP) is 3.74. The van der Waals surface area contributed by atoms with E-state index in [4.69, 9.17) is 0 Å². The lowest BCUT2D eigenvalue weighted by molar-refractivity contribution is -0.274. The molecule has 22 heavy (non-hydrogen) atoms. The summed E-state index contributed by atoms with van der Waals surface area (Å²) < 4.78 is 45.0. The quantitative estimate of drug-likeness (QED) is 0.877. The standard InChI is InChI=1S/C15H11F3O4/c1-21-14(20)10-5-6-12(13(19)8-10)9-3-2-4-11(7-9)22-15(16,17)18/h2-8,19H,1H3. The van der Waals surface area contributed by atoms with E-state index in [0.717, 1.165) is 12.1 Å². The Labute approximate surface area is 123 Å². The topological polar surface area (TPSA) is 55.8 Å². The first-order valence-electron chi connectivity index (χ1n) is 6.07. The van der Waals surface area contributed by atoms with Crippen molar-refractivity contribution < 1.29 is 32.5 Å². The highest BCUT2D eigenvalue weighted by Crippen LogP contribution is 2.33. The van der Waals surface area contributed by atoms with Crippen molar-refractivity contribution in [2.24, 2.45) is 0 Å². The van der Waals surface area contributed by atoms with Crippen molar-refractivity contribution >= 4 is 5.97 Å². The number of hydrogen-bond acceptors (Lipinski definition) is 4. The van der Waals surface area contributed by atoms with Gasteiger partial charge in [-0.15, -0.1) is 13.2 Å². The highest BCUT2D eigenvalue weighted by Gasteiger charge is 2.31. The average Bonchev–Trinajstić information content (AvgIpc) is 2.44. The fraction of sp³-hybridized carbons (Fsp3) is 0.133. The molecule has 1 N–H and O–H groups in total. The third kappa shape index (κ3) is 3.69. The van der Waals surface area contributed by atoms with Crippen molar-refractivity contribution in [3.05, 3.63) is 48.0 Å². The van der Waals surface area contributed by atoms with Crippen LogP contribution in [0.25, 0.3) is 11.1 Å². The Kier molecular flexibility index (Phi) is 4.25. The summed E-state index contributed by atoms with van der Waals surface area (Å²) >= 11 is 0. The van der Waals surface area contributed by atoms with E-state index in [-0.39, 0.29) is 16.9 Å². The monoisotopic (exact) mass is 312 g/mol. The fourth-order valence-corrected chi connectivity index (χ4v) is 1.88. The van der Waals surface area contributed by atoms with Gasteiger partial charge in [0, 0.05) is 5.56 Å². The van der Waals surface area contributed by atoms with Crippen LogP contribution in [0.3, 0.4) is 0 Å². The van der Waals surface area contributed by atoms with Gasteiger partial charge in [-0.3, -0.25) is 0 Å². The van der Waals surface area contributed by atoms with Gasteiger partial charge in [0.15, 0.2) is 0 Å². The van der Waals surface area contributed by atoms with Gasteiger partial charge in [0.25, 0.3) is 0 Å². The maximum absolute atomic E-state index is 12.2. The zero-order valence-corrected chi connectivity index (χ0v) is 11.3. The molecule has 0 aliphatic rings. The lowest BCUT2D eigenvalue weighted by Gasteiger charge is -2.11. The van der Waals surface area contributed by atoms with Crippen LogP contribution in [-0.4, -0.2) is 24.5 Å². The summed E-state index contributed by atoms with van der Waals surface area (Å²) in [6, 6.07) is 9.16. The maximum Gasteiger partial charge on any atom is 0.573 e. The molecule has 0 bridgehead atoms. The first-order chi connectivity index (χ1) is 10.3. The van der Waals surface area contributed by atoms with Crippen molar-refractivity contribution in [1.82, 2.24) is 0 Å². The second-order valence-electron chi connectivity index (χ2n) is 4.30. The van der Waals surface area contributed by atoms with Gasteiger partial charge in [-0.25, -0.2) is 4.79 Å². The van der Waals surface area contributed by atoms with Crippen LogP contribution in [0.1, 0.15) is 10.4 Å². The number of phenols is 1. The summed E-state index contributed by atoms with van der Waals surface area (Å²) in [6.07, 6.45) is -4.80. The number of alkyl halides is 3. The molecule has 116 valence electrons. The van der Waals surface area contributed by atoms with Crippen molar-refractivity contribution in [2.75, 3.05) is 7.11 Å². The molecule has 0 amide bonds. The van der Waals surface area contributed by atoms with Gasteiger partial charge < -0.3 is 14.6 Å². The minimum Gasteiger partial charge on any atom is -0.507 e. The molecular formula is C15H11F3O4. The second kappa shape index (κ2) is 5.97. The number of benzene rings is 2. The van der Waals surface area contributed by atoms with E-state index < -0.39 is 18.1 Å². The fourth-order valence-electron chi connectivity index (χ4n) is 1.88. The molecule has 0 saturated carbocycles. The van der Waals surface area contributed by atoms with Crippen molar-refractivity contribution in [3.8, 4) is 22.6 Å². The Balaban J connectivity index is 2.36. The molecule has 0 unspecified atom stereocenters. The van der Waals surface area contributed by atoms with Gasteiger partial charge in [0.05, 0.1) is 12.7 Å². The Morgan fingerprint density at radius 3 is 2.45 bits per heavy atom. The first-order valence-corrected chi connectivity index (χ1v) is 6.07. The molecule has 0 aromatic heterocycles. The molecule has 0 atom stereocenters. The molecule has 4 nitrogen and oxygen atoms in total. The summed E-state index contributed by atoms with van der Waals surface area (Å²) in [4.78, 5) is 11.3. The molecule has 2 rings (SSSR count). The van der Waals surface area contributed by atoms with Gasteiger partial charge in [-0.1, -0.05) is 12.1 Å². The highest BCUT2D eigenvalue weighted by atomic mass is 19.4. The van der Waals surface area contributed by atoms with E-state index in [0.29, 0.717) is 5.56 Å². The van der Waals surface area contributed by atoms with Crippen LogP contribution in [0.4, 0.5) is 13.2 Å². The van der Waals surface area contributed by atoms with Gasteiger partial charge in [-0.2, -0.15) is 0 Å². The lowest BCUT2D eigenvalue weighted by atomic mass is 10.0. The number of esters is 1. The smallest absolute Gasteiger partial charge is 0.507 e. The van der Waals surface area contributed by atoms with Crippen LogP contribution in [0, 0.1) is 0 Å². The number of carbonyl (C=O) groups excluding carboxylic acids is 1. The number of halogens is 3. The minimum absolute atomic E-state index is 0.131. The molecule has 0 aliphatic heterocycles. The Bertz CT molecular complexity index is 695. The SMILES string of the molecule is COC(=O)c1ccc(-c2cccc(OC(F)(F)F)c2)c(O)c1. The Hall–Kier alpha value is -2.70. The van der Waals surface area contributed by atoms with E-state index in [1.807, 2.05) is 0 Å². The zero-order valence-electron chi connectivity index (χ0n) is 11.3. The number of ether oxygens (including phenoxy) is 2. The number of rotatable bonds is 3. The summed E-state index contributed by atoms with van der Waals surface area (Å²) in [5.74, 6) is -1.29. The highest BCUT2D eigenvalue weighted by molar-refractivity contribution is 5.91. The molecule has 7 heteroatoms. The predicted molar refractivity (Wildman–Crippen MR) is 71.6 cm³/mol. The summed E-state index contributed by atoms with van der Waals surface area (Å²) in [6.45, 7) is 0.